The summed E-state index contributed by atoms with van der Waals surface area (Å²) < 4.78 is 37.3. The van der Waals surface area contributed by atoms with Crippen molar-refractivity contribution in [1.29, 1.82) is 0 Å². The van der Waals surface area contributed by atoms with Crippen LogP contribution in [-0.4, -0.2) is 19.8 Å². The van der Waals surface area contributed by atoms with Gasteiger partial charge in [0.05, 0.1) is 5.69 Å². The maximum absolute atomic E-state index is 12.2. The number of benzene rings is 1. The van der Waals surface area contributed by atoms with E-state index in [4.69, 9.17) is 0 Å². The Morgan fingerprint density at radius 2 is 1.94 bits per heavy atom. The van der Waals surface area contributed by atoms with Gasteiger partial charge in [0.15, 0.2) is 0 Å². The molecule has 0 bridgehead atoms. The Morgan fingerprint density at radius 3 is 2.38 bits per heavy atom. The summed E-state index contributed by atoms with van der Waals surface area (Å²) in [4.78, 5) is 1.17. The molecule has 0 radical (unpaired) electrons. The Labute approximate surface area is 109 Å². The molecule has 0 fully saturated rings. The first-order chi connectivity index (χ1) is 7.33. The van der Waals surface area contributed by atoms with Crippen molar-refractivity contribution in [2.45, 2.75) is 11.5 Å². The van der Waals surface area contributed by atoms with Crippen molar-refractivity contribution in [3.63, 3.8) is 0 Å². The molecule has 0 aliphatic heterocycles. The van der Waals surface area contributed by atoms with Gasteiger partial charge in [-0.15, -0.1) is 0 Å². The molecule has 0 unspecified atom stereocenters. The molecular weight excluding hydrogens is 351 g/mol. The molecule has 0 aliphatic carbocycles. The van der Waals surface area contributed by atoms with Gasteiger partial charge in [-0.05, 0) is 33.6 Å². The third-order valence-corrected chi connectivity index (χ3v) is 3.28. The van der Waals surface area contributed by atoms with Gasteiger partial charge < -0.3 is 4.90 Å². The lowest BCUT2D eigenvalue weighted by atomic mass is 10.2. The van der Waals surface area contributed by atoms with E-state index in [1.54, 1.807) is 18.2 Å². The standard InChI is InChI=1S/C10H10Br2F3N/c1-16(6-10(13,14)15)9-3-2-7(5-11)4-8(9)12/h2-4H,5-6H2,1H3. The minimum absolute atomic E-state index is 0.530. The third-order valence-electron chi connectivity index (χ3n) is 1.99. The summed E-state index contributed by atoms with van der Waals surface area (Å²) in [5.74, 6) is 0. The van der Waals surface area contributed by atoms with Gasteiger partial charge in [0.1, 0.15) is 6.54 Å². The summed E-state index contributed by atoms with van der Waals surface area (Å²) in [6, 6.07) is 5.27. The van der Waals surface area contributed by atoms with Gasteiger partial charge in [0, 0.05) is 16.9 Å². The Balaban J connectivity index is 2.88. The molecule has 0 heterocycles. The number of hydrogen-bond acceptors (Lipinski definition) is 1. The van der Waals surface area contributed by atoms with Crippen LogP contribution in [0, 0.1) is 0 Å². The minimum Gasteiger partial charge on any atom is -0.365 e. The Hall–Kier alpha value is -0.230. The van der Waals surface area contributed by atoms with E-state index < -0.39 is 12.7 Å². The van der Waals surface area contributed by atoms with E-state index in [-0.39, 0.29) is 0 Å². The zero-order chi connectivity index (χ0) is 12.3. The maximum Gasteiger partial charge on any atom is 0.405 e. The quantitative estimate of drug-likeness (QED) is 0.724. The number of nitrogens with zero attached hydrogens (tertiary/aromatic N) is 1. The van der Waals surface area contributed by atoms with Crippen LogP contribution in [-0.2, 0) is 5.33 Å². The zero-order valence-electron chi connectivity index (χ0n) is 8.48. The first-order valence-electron chi connectivity index (χ1n) is 4.46. The van der Waals surface area contributed by atoms with Crippen molar-refractivity contribution in [2.24, 2.45) is 0 Å². The van der Waals surface area contributed by atoms with E-state index in [1.807, 2.05) is 0 Å². The van der Waals surface area contributed by atoms with E-state index in [2.05, 4.69) is 31.9 Å². The molecule has 0 aromatic heterocycles. The molecule has 0 atom stereocenters. The normalized spacial score (nSPS) is 11.6. The van der Waals surface area contributed by atoms with E-state index in [1.165, 1.54) is 11.9 Å². The molecule has 0 saturated heterocycles. The number of anilines is 1. The van der Waals surface area contributed by atoms with E-state index in [9.17, 15) is 13.2 Å². The van der Waals surface area contributed by atoms with Crippen LogP contribution in [0.25, 0.3) is 0 Å². The summed E-state index contributed by atoms with van der Waals surface area (Å²) in [7, 11) is 1.42. The van der Waals surface area contributed by atoms with Gasteiger partial charge in [0.25, 0.3) is 0 Å². The Bertz CT molecular complexity index is 366. The van der Waals surface area contributed by atoms with Crippen LogP contribution in [0.1, 0.15) is 5.56 Å². The average molecular weight is 361 g/mol. The van der Waals surface area contributed by atoms with Crippen LogP contribution in [0.3, 0.4) is 0 Å². The van der Waals surface area contributed by atoms with Gasteiger partial charge >= 0.3 is 6.18 Å². The van der Waals surface area contributed by atoms with Crippen LogP contribution in [0.5, 0.6) is 0 Å². The van der Waals surface area contributed by atoms with Crippen LogP contribution in [0.4, 0.5) is 18.9 Å². The highest BCUT2D eigenvalue weighted by Gasteiger charge is 2.29. The Kier molecular flexibility index (Phi) is 4.67. The molecule has 1 aromatic rings. The number of hydrogen-bond donors (Lipinski definition) is 0. The molecule has 1 nitrogen and oxygen atoms in total. The van der Waals surface area contributed by atoms with Gasteiger partial charge in [0.2, 0.25) is 0 Å². The number of rotatable bonds is 3. The van der Waals surface area contributed by atoms with Crippen molar-refractivity contribution in [3.05, 3.63) is 28.2 Å². The lowest BCUT2D eigenvalue weighted by Crippen LogP contribution is -2.31. The van der Waals surface area contributed by atoms with Gasteiger partial charge in [-0.3, -0.25) is 0 Å². The molecule has 1 aromatic carbocycles. The fourth-order valence-corrected chi connectivity index (χ4v) is 2.37. The SMILES string of the molecule is CN(CC(F)(F)F)c1ccc(CBr)cc1Br. The topological polar surface area (TPSA) is 3.24 Å². The van der Waals surface area contributed by atoms with Gasteiger partial charge in [-0.1, -0.05) is 22.0 Å². The smallest absolute Gasteiger partial charge is 0.365 e. The highest BCUT2D eigenvalue weighted by Crippen LogP contribution is 2.29. The Morgan fingerprint density at radius 1 is 1.31 bits per heavy atom. The molecule has 0 saturated carbocycles. The van der Waals surface area contributed by atoms with E-state index in [0.29, 0.717) is 15.5 Å². The summed E-state index contributed by atoms with van der Waals surface area (Å²) in [6.07, 6.45) is -4.19. The van der Waals surface area contributed by atoms with Crippen LogP contribution >= 0.6 is 31.9 Å². The van der Waals surface area contributed by atoms with Crippen molar-refractivity contribution in [2.75, 3.05) is 18.5 Å². The van der Waals surface area contributed by atoms with Gasteiger partial charge in [-0.25, -0.2) is 0 Å². The summed E-state index contributed by atoms with van der Waals surface area (Å²) in [5, 5.41) is 0.675. The molecule has 0 amide bonds. The molecule has 1 rings (SSSR count). The number of alkyl halides is 4. The average Bonchev–Trinajstić information content (AvgIpc) is 2.14. The lowest BCUT2D eigenvalue weighted by molar-refractivity contribution is -0.119. The van der Waals surface area contributed by atoms with Crippen molar-refractivity contribution < 1.29 is 13.2 Å². The minimum atomic E-state index is -4.19. The molecule has 90 valence electrons. The predicted octanol–water partition coefficient (Wildman–Crippen LogP) is 4.34. The van der Waals surface area contributed by atoms with Crippen LogP contribution < -0.4 is 4.90 Å². The first kappa shape index (κ1) is 13.8. The predicted molar refractivity (Wildman–Crippen MR) is 66.1 cm³/mol. The van der Waals surface area contributed by atoms with E-state index in [0.717, 1.165) is 5.56 Å². The van der Waals surface area contributed by atoms with Crippen LogP contribution in [0.15, 0.2) is 22.7 Å². The van der Waals surface area contributed by atoms with Crippen molar-refractivity contribution in [1.82, 2.24) is 0 Å². The highest BCUT2D eigenvalue weighted by molar-refractivity contribution is 9.10. The second-order valence-electron chi connectivity index (χ2n) is 3.39. The lowest BCUT2D eigenvalue weighted by Gasteiger charge is -2.22. The monoisotopic (exact) mass is 359 g/mol. The summed E-state index contributed by atoms with van der Waals surface area (Å²) in [6.45, 7) is -0.959. The van der Waals surface area contributed by atoms with Crippen molar-refractivity contribution >= 4 is 37.5 Å². The fourth-order valence-electron chi connectivity index (χ4n) is 1.30. The fraction of sp³-hybridized carbons (Fsp3) is 0.400. The zero-order valence-corrected chi connectivity index (χ0v) is 11.7. The third kappa shape index (κ3) is 3.97. The highest BCUT2D eigenvalue weighted by atomic mass is 79.9. The van der Waals surface area contributed by atoms with E-state index >= 15 is 0 Å². The largest absolute Gasteiger partial charge is 0.405 e. The maximum atomic E-state index is 12.2. The number of halogens is 5. The van der Waals surface area contributed by atoms with Crippen molar-refractivity contribution in [3.8, 4) is 0 Å². The molecule has 0 N–H and O–H groups in total. The second-order valence-corrected chi connectivity index (χ2v) is 4.81. The molecular formula is C10H10Br2F3N. The summed E-state index contributed by atoms with van der Waals surface area (Å²) in [5.41, 5.74) is 1.54. The molecule has 0 spiro atoms. The summed E-state index contributed by atoms with van der Waals surface area (Å²) >= 11 is 6.55. The second kappa shape index (κ2) is 5.40. The molecule has 6 heteroatoms. The van der Waals surface area contributed by atoms with Gasteiger partial charge in [-0.2, -0.15) is 13.2 Å². The molecule has 16 heavy (non-hydrogen) atoms. The first-order valence-corrected chi connectivity index (χ1v) is 6.37. The van der Waals surface area contributed by atoms with Crippen LogP contribution in [0.2, 0.25) is 0 Å². The molecule has 0 aliphatic rings.